The first kappa shape index (κ1) is 10.5. The van der Waals surface area contributed by atoms with Gasteiger partial charge in [-0.3, -0.25) is 0 Å². The third-order valence-electron chi connectivity index (χ3n) is 1.63. The fourth-order valence-electron chi connectivity index (χ4n) is 1.07. The number of ether oxygens (including phenoxy) is 1. The Morgan fingerprint density at radius 2 is 2.31 bits per heavy atom. The molecule has 0 unspecified atom stereocenters. The second-order valence-electron chi connectivity index (χ2n) is 2.74. The van der Waals surface area contributed by atoms with Crippen molar-refractivity contribution in [3.05, 3.63) is 17.9 Å². The molecule has 3 nitrogen and oxygen atoms in total. The van der Waals surface area contributed by atoms with Crippen LogP contribution in [0.2, 0.25) is 5.02 Å². The molecule has 0 aromatic carbocycles. The molecule has 0 saturated carbocycles. The van der Waals surface area contributed by atoms with Gasteiger partial charge in [0, 0.05) is 0 Å². The zero-order valence-electron chi connectivity index (χ0n) is 8.00. The molecular weight excluding hydrogens is 221 g/mol. The summed E-state index contributed by atoms with van der Waals surface area (Å²) >= 11 is -0.707. The van der Waals surface area contributed by atoms with Crippen LogP contribution in [0.25, 0.3) is 0 Å². The Kier molecular flexibility index (Phi) is 4.16. The summed E-state index contributed by atoms with van der Waals surface area (Å²) in [5, 5.41) is 1.20. The van der Waals surface area contributed by atoms with Crippen molar-refractivity contribution < 1.29 is 31.1 Å². The van der Waals surface area contributed by atoms with Crippen LogP contribution in [0.4, 0.5) is 0 Å². The molecule has 1 aromatic rings. The molecule has 0 amide bonds. The van der Waals surface area contributed by atoms with Crippen molar-refractivity contribution in [3.63, 3.8) is 0 Å². The van der Waals surface area contributed by atoms with Crippen molar-refractivity contribution >= 4 is 10.3 Å². The van der Waals surface area contributed by atoms with E-state index in [2.05, 4.69) is 6.92 Å². The van der Waals surface area contributed by atoms with E-state index in [0.29, 0.717) is 12.4 Å². The van der Waals surface area contributed by atoms with Crippen LogP contribution in [-0.4, -0.2) is 12.6 Å². The quantitative estimate of drug-likeness (QED) is 0.586. The number of hydrogen-bond acceptors (Lipinski definition) is 3. The van der Waals surface area contributed by atoms with Crippen LogP contribution in [0, 0.1) is 0 Å². The summed E-state index contributed by atoms with van der Waals surface area (Å²) in [6.45, 7) is 4.32. The topological polar surface area (TPSA) is 39.4 Å². The number of furan rings is 1. The number of carbonyl (C=O) groups is 1. The summed E-state index contributed by atoms with van der Waals surface area (Å²) in [6, 6.07) is 3.60. The van der Waals surface area contributed by atoms with E-state index in [0.717, 1.165) is 4.35 Å². The first-order chi connectivity index (χ1) is 6.27. The fraction of sp³-hybridized carbons (Fsp3) is 0.444. The molecule has 1 rings (SSSR count). The molecule has 1 aromatic heterocycles. The number of esters is 1. The molecule has 13 heavy (non-hydrogen) atoms. The van der Waals surface area contributed by atoms with Gasteiger partial charge in [-0.05, 0) is 0 Å². The van der Waals surface area contributed by atoms with Crippen LogP contribution in [0.15, 0.2) is 16.5 Å². The summed E-state index contributed by atoms with van der Waals surface area (Å²) in [5.41, 5.74) is 0. The van der Waals surface area contributed by atoms with Gasteiger partial charge in [0.1, 0.15) is 0 Å². The van der Waals surface area contributed by atoms with E-state index in [-0.39, 0.29) is 5.97 Å². The summed E-state index contributed by atoms with van der Waals surface area (Å²) in [6.07, 6.45) is 0. The zero-order chi connectivity index (χ0) is 9.68. The monoisotopic (exact) mass is 232 g/mol. The van der Waals surface area contributed by atoms with Gasteiger partial charge >= 0.3 is 84.8 Å². The molecule has 1 heterocycles. The van der Waals surface area contributed by atoms with Gasteiger partial charge in [0.15, 0.2) is 0 Å². The predicted molar refractivity (Wildman–Crippen MR) is 44.8 cm³/mol. The van der Waals surface area contributed by atoms with Gasteiger partial charge in [-0.1, -0.05) is 0 Å². The molecule has 0 bridgehead atoms. The van der Waals surface area contributed by atoms with Gasteiger partial charge < -0.3 is 0 Å². The Labute approximate surface area is 85.0 Å². The molecule has 68 valence electrons. The first-order valence-electron chi connectivity index (χ1n) is 4.53. The minimum atomic E-state index is -0.707. The van der Waals surface area contributed by atoms with Crippen molar-refractivity contribution in [1.29, 1.82) is 0 Å². The molecule has 0 aliphatic heterocycles. The fourth-order valence-corrected chi connectivity index (χ4v) is 3.24. The Morgan fingerprint density at radius 3 is 2.92 bits per heavy atom. The number of carbonyl (C=O) groups excluding carboxylic acids is 1. The maximum absolute atomic E-state index is 11.2. The van der Waals surface area contributed by atoms with Gasteiger partial charge in [-0.2, -0.15) is 0 Å². The predicted octanol–water partition coefficient (Wildman–Crippen LogP) is 1.60. The van der Waals surface area contributed by atoms with Crippen LogP contribution in [0.1, 0.15) is 24.4 Å². The van der Waals surface area contributed by atoms with Crippen molar-refractivity contribution in [2.75, 3.05) is 6.61 Å². The average Bonchev–Trinajstić information content (AvgIpc) is 2.54. The molecule has 0 spiro atoms. The third-order valence-corrected chi connectivity index (χ3v) is 4.51. The molecular formula is C9H12O3Zn. The van der Waals surface area contributed by atoms with E-state index in [1.54, 1.807) is 13.0 Å². The third kappa shape index (κ3) is 2.96. The van der Waals surface area contributed by atoms with Crippen molar-refractivity contribution in [2.24, 2.45) is 0 Å². The Hall–Kier alpha value is -0.627. The van der Waals surface area contributed by atoms with E-state index in [4.69, 9.17) is 9.15 Å². The van der Waals surface area contributed by atoms with E-state index in [1.807, 2.05) is 6.07 Å². The first-order valence-corrected chi connectivity index (χ1v) is 8.12. The normalized spacial score (nSPS) is 9.38. The molecule has 0 aliphatic rings. The Morgan fingerprint density at radius 1 is 1.54 bits per heavy atom. The average molecular weight is 234 g/mol. The van der Waals surface area contributed by atoms with Crippen LogP contribution in [0.5, 0.6) is 0 Å². The van der Waals surface area contributed by atoms with E-state index < -0.39 is 17.1 Å². The summed E-state index contributed by atoms with van der Waals surface area (Å²) in [5.74, 6) is -0.0109. The van der Waals surface area contributed by atoms with Crippen LogP contribution >= 0.6 is 0 Å². The van der Waals surface area contributed by atoms with Crippen LogP contribution < -0.4 is 4.35 Å². The zero-order valence-corrected chi connectivity index (χ0v) is 11.0. The molecule has 0 N–H and O–H groups in total. The van der Waals surface area contributed by atoms with E-state index >= 15 is 0 Å². The summed E-state index contributed by atoms with van der Waals surface area (Å²) in [7, 11) is 0. The summed E-state index contributed by atoms with van der Waals surface area (Å²) in [4.78, 5) is 11.2. The summed E-state index contributed by atoms with van der Waals surface area (Å²) < 4.78 is 11.2. The second kappa shape index (κ2) is 5.18. The van der Waals surface area contributed by atoms with E-state index in [1.165, 1.54) is 5.02 Å². The molecule has 0 fully saturated rings. The molecule has 0 radical (unpaired) electrons. The minimum absolute atomic E-state index is 0.343. The molecule has 0 aliphatic carbocycles. The van der Waals surface area contributed by atoms with Gasteiger partial charge in [0.2, 0.25) is 0 Å². The standard InChI is InChI=1S/C7H7O3.C2H5.Zn/c1-2-9-7(8)6-4-3-5-10-6;1-2;/h3-4H,2H2,1H3;1H2,2H3;. The van der Waals surface area contributed by atoms with Crippen LogP contribution in [-0.2, 0) is 21.9 Å². The van der Waals surface area contributed by atoms with Gasteiger partial charge in [-0.15, -0.1) is 0 Å². The van der Waals surface area contributed by atoms with Crippen LogP contribution in [0.3, 0.4) is 0 Å². The maximum atomic E-state index is 11.2. The van der Waals surface area contributed by atoms with Crippen molar-refractivity contribution in [2.45, 2.75) is 18.9 Å². The van der Waals surface area contributed by atoms with Crippen molar-refractivity contribution in [1.82, 2.24) is 0 Å². The number of hydrogen-bond donors (Lipinski definition) is 0. The molecule has 0 atom stereocenters. The molecule has 4 heteroatoms. The van der Waals surface area contributed by atoms with E-state index in [9.17, 15) is 4.79 Å². The Bertz CT molecular complexity index is 280. The van der Waals surface area contributed by atoms with Crippen molar-refractivity contribution in [3.8, 4) is 0 Å². The van der Waals surface area contributed by atoms with Gasteiger partial charge in [-0.25, -0.2) is 0 Å². The number of rotatable bonds is 4. The second-order valence-corrected chi connectivity index (χ2v) is 7.35. The van der Waals surface area contributed by atoms with Gasteiger partial charge in [0.05, 0.1) is 0 Å². The molecule has 0 saturated heterocycles. The SMILES string of the molecule is CCOC(=O)c1cc[c]([Zn][CH2]C)o1. The Balaban J connectivity index is 2.62. The van der Waals surface area contributed by atoms with Gasteiger partial charge in [0.25, 0.3) is 0 Å².